The standard InChI is InChI=1S/2C13H10O2.C2H8N2/c2*14-12-9-5-4-8-11(12)13(15)10-6-2-1-3-7-10;3-1-2-4/h2*1-9,14H;1-4H2. The topological polar surface area (TPSA) is 127 Å². The molecule has 0 saturated heterocycles. The summed E-state index contributed by atoms with van der Waals surface area (Å²) in [5.41, 5.74) is 11.6. The van der Waals surface area contributed by atoms with Crippen LogP contribution < -0.4 is 11.5 Å². The average molecular weight is 457 g/mol. The van der Waals surface area contributed by atoms with Crippen molar-refractivity contribution >= 4 is 11.6 Å². The molecule has 6 N–H and O–H groups in total. The number of hydrogen-bond donors (Lipinski definition) is 4. The number of ketones is 2. The Balaban J connectivity index is 0.000000208. The van der Waals surface area contributed by atoms with Gasteiger partial charge in [0.15, 0.2) is 11.6 Å². The Morgan fingerprint density at radius 2 is 0.794 bits per heavy atom. The van der Waals surface area contributed by atoms with E-state index < -0.39 is 0 Å². The number of para-hydroxylation sites is 2. The summed E-state index contributed by atoms with van der Waals surface area (Å²) in [7, 11) is 0. The van der Waals surface area contributed by atoms with Crippen LogP contribution in [0.3, 0.4) is 0 Å². The number of carbonyl (C=O) groups excluding carboxylic acids is 2. The normalized spacial score (nSPS) is 9.59. The van der Waals surface area contributed by atoms with E-state index in [9.17, 15) is 19.8 Å². The Kier molecular flexibility index (Phi) is 10.7. The van der Waals surface area contributed by atoms with Gasteiger partial charge >= 0.3 is 0 Å². The van der Waals surface area contributed by atoms with Gasteiger partial charge in [-0.05, 0) is 24.3 Å². The second kappa shape index (κ2) is 14.0. The SMILES string of the molecule is NCCN.O=C(c1ccccc1)c1ccccc1O.O=C(c1ccccc1)c1ccccc1O. The fourth-order valence-corrected chi connectivity index (χ4v) is 2.82. The second-order valence-electron chi connectivity index (χ2n) is 7.00. The summed E-state index contributed by atoms with van der Waals surface area (Å²) in [6.45, 7) is 1.19. The highest BCUT2D eigenvalue weighted by atomic mass is 16.3. The number of phenols is 2. The van der Waals surface area contributed by atoms with E-state index in [2.05, 4.69) is 0 Å². The fourth-order valence-electron chi connectivity index (χ4n) is 2.82. The van der Waals surface area contributed by atoms with Crippen molar-refractivity contribution in [1.82, 2.24) is 0 Å². The van der Waals surface area contributed by atoms with Crippen molar-refractivity contribution in [2.75, 3.05) is 13.1 Å². The zero-order chi connectivity index (χ0) is 24.8. The average Bonchev–Trinajstić information content (AvgIpc) is 2.90. The highest BCUT2D eigenvalue weighted by Gasteiger charge is 2.12. The van der Waals surface area contributed by atoms with Crippen LogP contribution in [0.4, 0.5) is 0 Å². The molecule has 0 aromatic heterocycles. The first-order valence-corrected chi connectivity index (χ1v) is 10.6. The Hall–Kier alpha value is -4.26. The molecule has 6 nitrogen and oxygen atoms in total. The Morgan fingerprint density at radius 1 is 0.500 bits per heavy atom. The minimum absolute atomic E-state index is 0.0198. The van der Waals surface area contributed by atoms with Crippen LogP contribution in [0.25, 0.3) is 0 Å². The van der Waals surface area contributed by atoms with E-state index in [-0.39, 0.29) is 23.1 Å². The van der Waals surface area contributed by atoms with Crippen molar-refractivity contribution in [1.29, 1.82) is 0 Å². The first kappa shape index (κ1) is 26.0. The summed E-state index contributed by atoms with van der Waals surface area (Å²) in [6, 6.07) is 30.9. The molecule has 4 aromatic carbocycles. The molecule has 0 radical (unpaired) electrons. The third kappa shape index (κ3) is 7.70. The van der Waals surface area contributed by atoms with E-state index in [1.54, 1.807) is 84.9 Å². The summed E-state index contributed by atoms with van der Waals surface area (Å²) in [5, 5.41) is 19.0. The van der Waals surface area contributed by atoms with E-state index in [4.69, 9.17) is 11.5 Å². The predicted octanol–water partition coefficient (Wildman–Crippen LogP) is 4.15. The third-order valence-corrected chi connectivity index (χ3v) is 4.54. The van der Waals surface area contributed by atoms with Gasteiger partial charge in [-0.15, -0.1) is 0 Å². The Bertz CT molecular complexity index is 1080. The van der Waals surface area contributed by atoms with Crippen LogP contribution in [0.1, 0.15) is 31.8 Å². The van der Waals surface area contributed by atoms with Crippen molar-refractivity contribution in [2.24, 2.45) is 11.5 Å². The summed E-state index contributed by atoms with van der Waals surface area (Å²) in [5.74, 6) is -0.278. The molecule has 0 fully saturated rings. The minimum Gasteiger partial charge on any atom is -0.507 e. The molecule has 6 heteroatoms. The lowest BCUT2D eigenvalue weighted by molar-refractivity contribution is 0.102. The van der Waals surface area contributed by atoms with Crippen molar-refractivity contribution in [2.45, 2.75) is 0 Å². The van der Waals surface area contributed by atoms with Gasteiger partial charge in [0.2, 0.25) is 0 Å². The largest absolute Gasteiger partial charge is 0.507 e. The number of phenolic OH excluding ortho intramolecular Hbond substituents is 2. The van der Waals surface area contributed by atoms with Crippen LogP contribution in [0, 0.1) is 0 Å². The molecular formula is C28H28N2O4. The number of aromatic hydroxyl groups is 2. The van der Waals surface area contributed by atoms with Crippen molar-refractivity contribution in [3.05, 3.63) is 131 Å². The van der Waals surface area contributed by atoms with E-state index in [0.29, 0.717) is 35.3 Å². The van der Waals surface area contributed by atoms with Gasteiger partial charge in [0.05, 0.1) is 11.1 Å². The lowest BCUT2D eigenvalue weighted by atomic mass is 10.0. The van der Waals surface area contributed by atoms with Crippen molar-refractivity contribution < 1.29 is 19.8 Å². The van der Waals surface area contributed by atoms with Gasteiger partial charge in [0.25, 0.3) is 0 Å². The molecule has 34 heavy (non-hydrogen) atoms. The minimum atomic E-state index is -0.159. The molecule has 0 heterocycles. The van der Waals surface area contributed by atoms with Gasteiger partial charge in [-0.2, -0.15) is 0 Å². The van der Waals surface area contributed by atoms with Crippen LogP contribution in [-0.2, 0) is 0 Å². The second-order valence-corrected chi connectivity index (χ2v) is 7.00. The molecule has 0 spiro atoms. The van der Waals surface area contributed by atoms with Gasteiger partial charge in [-0.3, -0.25) is 9.59 Å². The highest BCUT2D eigenvalue weighted by Crippen LogP contribution is 2.20. The van der Waals surface area contributed by atoms with Gasteiger partial charge in [0, 0.05) is 24.2 Å². The molecule has 0 aliphatic heterocycles. The molecule has 0 saturated carbocycles. The van der Waals surface area contributed by atoms with Gasteiger partial charge in [0.1, 0.15) is 11.5 Å². The maximum Gasteiger partial charge on any atom is 0.196 e. The quantitative estimate of drug-likeness (QED) is 0.334. The summed E-state index contributed by atoms with van der Waals surface area (Å²) < 4.78 is 0. The molecule has 174 valence electrons. The van der Waals surface area contributed by atoms with Crippen LogP contribution in [0.2, 0.25) is 0 Å². The number of rotatable bonds is 5. The number of hydrogen-bond acceptors (Lipinski definition) is 6. The summed E-state index contributed by atoms with van der Waals surface area (Å²) in [4.78, 5) is 23.8. The summed E-state index contributed by atoms with van der Waals surface area (Å²) >= 11 is 0. The van der Waals surface area contributed by atoms with Gasteiger partial charge < -0.3 is 21.7 Å². The Morgan fingerprint density at radius 3 is 1.09 bits per heavy atom. The number of nitrogens with two attached hydrogens (primary N) is 2. The van der Waals surface area contributed by atoms with Crippen molar-refractivity contribution in [3.8, 4) is 11.5 Å². The molecule has 0 bridgehead atoms. The lowest BCUT2D eigenvalue weighted by Gasteiger charge is -2.02. The summed E-state index contributed by atoms with van der Waals surface area (Å²) in [6.07, 6.45) is 0. The molecule has 4 aromatic rings. The molecule has 0 unspecified atom stereocenters. The maximum atomic E-state index is 11.9. The molecular weight excluding hydrogens is 428 g/mol. The zero-order valence-electron chi connectivity index (χ0n) is 18.7. The molecule has 4 rings (SSSR count). The first-order chi connectivity index (χ1) is 16.5. The van der Waals surface area contributed by atoms with E-state index in [1.807, 2.05) is 12.1 Å². The molecule has 0 aliphatic carbocycles. The lowest BCUT2D eigenvalue weighted by Crippen LogP contribution is -2.11. The fraction of sp³-hybridized carbons (Fsp3) is 0.0714. The highest BCUT2D eigenvalue weighted by molar-refractivity contribution is 6.11. The van der Waals surface area contributed by atoms with Crippen molar-refractivity contribution in [3.63, 3.8) is 0 Å². The monoisotopic (exact) mass is 456 g/mol. The predicted molar refractivity (Wildman–Crippen MR) is 134 cm³/mol. The van der Waals surface area contributed by atoms with E-state index in [0.717, 1.165) is 0 Å². The molecule has 0 aliphatic rings. The number of benzene rings is 4. The number of carbonyl (C=O) groups is 2. The van der Waals surface area contributed by atoms with Crippen LogP contribution in [-0.4, -0.2) is 34.9 Å². The zero-order valence-corrected chi connectivity index (χ0v) is 18.7. The van der Waals surface area contributed by atoms with Gasteiger partial charge in [-0.25, -0.2) is 0 Å². The molecule has 0 amide bonds. The molecule has 0 atom stereocenters. The van der Waals surface area contributed by atoms with Gasteiger partial charge in [-0.1, -0.05) is 84.9 Å². The smallest absolute Gasteiger partial charge is 0.196 e. The third-order valence-electron chi connectivity index (χ3n) is 4.54. The van der Waals surface area contributed by atoms with E-state index >= 15 is 0 Å². The van der Waals surface area contributed by atoms with Crippen LogP contribution in [0.5, 0.6) is 11.5 Å². The van der Waals surface area contributed by atoms with Crippen LogP contribution >= 0.6 is 0 Å². The maximum absolute atomic E-state index is 11.9. The van der Waals surface area contributed by atoms with Crippen LogP contribution in [0.15, 0.2) is 109 Å². The Labute approximate surface area is 199 Å². The van der Waals surface area contributed by atoms with E-state index in [1.165, 1.54) is 12.1 Å². The first-order valence-electron chi connectivity index (χ1n) is 10.6.